The Morgan fingerprint density at radius 3 is 2.48 bits per heavy atom. The number of hydrogen-bond acceptors (Lipinski definition) is 4. The Labute approximate surface area is 172 Å². The zero-order valence-corrected chi connectivity index (χ0v) is 17.6. The van der Waals surface area contributed by atoms with E-state index < -0.39 is 0 Å². The predicted octanol–water partition coefficient (Wildman–Crippen LogP) is 3.58. The summed E-state index contributed by atoms with van der Waals surface area (Å²) in [4.78, 5) is 24.9. The fourth-order valence-corrected chi connectivity index (χ4v) is 5.20. The number of piperidine rings is 1. The van der Waals surface area contributed by atoms with Crippen molar-refractivity contribution in [3.8, 4) is 0 Å². The normalized spacial score (nSPS) is 31.7. The molecule has 0 amide bonds. The average molecular weight is 417 g/mol. The Bertz CT molecular complexity index is 681. The van der Waals surface area contributed by atoms with Crippen molar-refractivity contribution in [3.05, 3.63) is 34.9 Å². The summed E-state index contributed by atoms with van der Waals surface area (Å²) in [6.07, 6.45) is 2.79. The van der Waals surface area contributed by atoms with Gasteiger partial charge in [0.25, 0.3) is 0 Å². The van der Waals surface area contributed by atoms with Gasteiger partial charge in [0, 0.05) is 30.2 Å². The van der Waals surface area contributed by atoms with Crippen LogP contribution in [0, 0.1) is 5.92 Å². The Morgan fingerprint density at radius 1 is 1.22 bits per heavy atom. The molecule has 27 heavy (non-hydrogen) atoms. The maximum Gasteiger partial charge on any atom is 0.361 e. The molecule has 2 aliphatic rings. The smallest absolute Gasteiger partial charge is 0.361 e. The van der Waals surface area contributed by atoms with Crippen molar-refractivity contribution in [3.63, 3.8) is 0 Å². The minimum atomic E-state index is -0.264. The van der Waals surface area contributed by atoms with Gasteiger partial charge in [-0.2, -0.15) is 0 Å². The minimum Gasteiger partial charge on any atom is -0.469 e. The number of esters is 2. The third-order valence-electron chi connectivity index (χ3n) is 6.31. The molecule has 7 heteroatoms. The molecule has 3 rings (SSSR count). The molecule has 2 fully saturated rings. The molecule has 1 aromatic carbocycles. The van der Waals surface area contributed by atoms with E-state index in [1.165, 1.54) is 7.11 Å². The van der Waals surface area contributed by atoms with Crippen molar-refractivity contribution in [1.29, 1.82) is 0 Å². The maximum absolute atomic E-state index is 12.7. The number of hydrogen-bond donors (Lipinski definition) is 0. The Kier molecular flexibility index (Phi) is 7.17. The van der Waals surface area contributed by atoms with E-state index in [2.05, 4.69) is 7.05 Å². The molecule has 0 spiro atoms. The van der Waals surface area contributed by atoms with Crippen LogP contribution in [0.2, 0.25) is 5.02 Å². The average Bonchev–Trinajstić information content (AvgIpc) is 2.80. The van der Waals surface area contributed by atoms with E-state index in [1.54, 1.807) is 0 Å². The molecule has 1 aromatic rings. The number of nitrogens with zero attached hydrogens (tertiary/aromatic N) is 1. The second-order valence-corrected chi connectivity index (χ2v) is 7.99. The van der Waals surface area contributed by atoms with Gasteiger partial charge < -0.3 is 14.0 Å². The molecule has 0 saturated carbocycles. The first-order valence-electron chi connectivity index (χ1n) is 9.24. The van der Waals surface area contributed by atoms with Crippen LogP contribution >= 0.6 is 24.0 Å². The van der Waals surface area contributed by atoms with E-state index in [0.717, 1.165) is 24.8 Å². The molecule has 0 aromatic heterocycles. The first-order valence-corrected chi connectivity index (χ1v) is 9.62. The van der Waals surface area contributed by atoms with Gasteiger partial charge in [0.2, 0.25) is 0 Å². The number of benzene rings is 1. The summed E-state index contributed by atoms with van der Waals surface area (Å²) >= 11 is 6.03. The van der Waals surface area contributed by atoms with Crippen LogP contribution in [0.25, 0.3) is 0 Å². The molecule has 2 unspecified atom stereocenters. The van der Waals surface area contributed by atoms with Crippen LogP contribution in [-0.4, -0.2) is 55.8 Å². The van der Waals surface area contributed by atoms with Gasteiger partial charge in [0.05, 0.1) is 26.8 Å². The number of fused-ring (bicyclic) bond motifs is 2. The summed E-state index contributed by atoms with van der Waals surface area (Å²) in [5, 5.41) is 0.685. The first kappa shape index (κ1) is 22.0. The zero-order valence-electron chi connectivity index (χ0n) is 16.0. The summed E-state index contributed by atoms with van der Waals surface area (Å²) in [5.74, 6) is -0.561. The summed E-state index contributed by atoms with van der Waals surface area (Å²) in [5.41, 5.74) is 1.11. The molecule has 5 atom stereocenters. The lowest BCUT2D eigenvalue weighted by Crippen LogP contribution is -2.64. The van der Waals surface area contributed by atoms with Crippen molar-refractivity contribution in [2.45, 2.75) is 44.2 Å². The summed E-state index contributed by atoms with van der Waals surface area (Å²) in [6, 6.07) is 8.15. The number of carbonyl (C=O) groups excluding carboxylic acids is 2. The zero-order chi connectivity index (χ0) is 18.9. The van der Waals surface area contributed by atoms with Crippen molar-refractivity contribution in [1.82, 2.24) is 0 Å². The van der Waals surface area contributed by atoms with Gasteiger partial charge in [-0.1, -0.05) is 23.7 Å². The molecule has 150 valence electrons. The molecule has 2 heterocycles. The van der Waals surface area contributed by atoms with Gasteiger partial charge in [0.15, 0.2) is 6.54 Å². The van der Waals surface area contributed by atoms with Gasteiger partial charge in [-0.05, 0) is 24.6 Å². The molecule has 0 aliphatic carbocycles. The highest BCUT2D eigenvalue weighted by Crippen LogP contribution is 2.50. The fraction of sp³-hybridized carbons (Fsp3) is 0.600. The number of halogens is 2. The van der Waals surface area contributed by atoms with E-state index in [4.69, 9.17) is 21.1 Å². The van der Waals surface area contributed by atoms with E-state index in [9.17, 15) is 9.59 Å². The number of ether oxygens (including phenoxy) is 2. The summed E-state index contributed by atoms with van der Waals surface area (Å²) < 4.78 is 10.9. The number of likely N-dealkylation sites (N-methyl/N-ethyl adjacent to an activating group) is 1. The lowest BCUT2D eigenvalue weighted by Gasteiger charge is -2.49. The van der Waals surface area contributed by atoms with Crippen LogP contribution in [0.3, 0.4) is 0 Å². The third kappa shape index (κ3) is 4.10. The lowest BCUT2D eigenvalue weighted by molar-refractivity contribution is -0.945. The quantitative estimate of drug-likeness (QED) is 0.543. The fourth-order valence-electron chi connectivity index (χ4n) is 5.08. The molecule has 0 N–H and O–H groups in total. The molecule has 0 radical (unpaired) electrons. The van der Waals surface area contributed by atoms with E-state index in [1.807, 2.05) is 31.2 Å². The highest BCUT2D eigenvalue weighted by Gasteiger charge is 2.60. The summed E-state index contributed by atoms with van der Waals surface area (Å²) in [6.45, 7) is 2.50. The van der Waals surface area contributed by atoms with Gasteiger partial charge >= 0.3 is 11.9 Å². The summed E-state index contributed by atoms with van der Waals surface area (Å²) in [7, 11) is 3.53. The Balaban J connectivity index is 0.00000261. The molecule has 5 nitrogen and oxygen atoms in total. The third-order valence-corrected chi connectivity index (χ3v) is 6.56. The number of rotatable bonds is 5. The van der Waals surface area contributed by atoms with E-state index in [-0.39, 0.29) is 42.2 Å². The second kappa shape index (κ2) is 8.80. The molecular formula is C20H28Cl2NO4+. The maximum atomic E-state index is 12.7. The van der Waals surface area contributed by atoms with Crippen LogP contribution in [0.1, 0.15) is 37.7 Å². The van der Waals surface area contributed by atoms with Crippen LogP contribution < -0.4 is 0 Å². The van der Waals surface area contributed by atoms with Gasteiger partial charge in [0.1, 0.15) is 12.0 Å². The molecule has 2 saturated heterocycles. The van der Waals surface area contributed by atoms with Crippen molar-refractivity contribution >= 4 is 35.9 Å². The molecule has 2 aliphatic heterocycles. The van der Waals surface area contributed by atoms with Gasteiger partial charge in [-0.3, -0.25) is 4.79 Å². The standard InChI is InChI=1S/C20H27ClNO4.ClH/c1-4-26-18(23)12-22(2)15-9-10-17(22)19(20(24)25-3)16(11-15)13-5-7-14(21)8-6-13;/h5-8,15-17,19H,4,9-12H2,1-3H3;1H/q+1;/t15-,16-,17?,19?,22-;/m1./s1. The number of methoxy groups -OCH3 is 1. The monoisotopic (exact) mass is 416 g/mol. The van der Waals surface area contributed by atoms with Crippen LogP contribution in [0.4, 0.5) is 0 Å². The first-order chi connectivity index (χ1) is 12.4. The van der Waals surface area contributed by atoms with Crippen LogP contribution in [0.5, 0.6) is 0 Å². The largest absolute Gasteiger partial charge is 0.469 e. The SMILES string of the molecule is CCOC(=O)C[N@@+]1(C)C2CC[C@@H]1C[C@H](c1ccc(Cl)cc1)C2C(=O)OC.Cl. The Hall–Kier alpha value is -1.30. The number of carbonyl (C=O) groups is 2. The second-order valence-electron chi connectivity index (χ2n) is 7.55. The highest BCUT2D eigenvalue weighted by atomic mass is 35.5. The van der Waals surface area contributed by atoms with E-state index in [0.29, 0.717) is 28.7 Å². The molecular weight excluding hydrogens is 389 g/mol. The Morgan fingerprint density at radius 2 is 1.89 bits per heavy atom. The minimum absolute atomic E-state index is 0. The van der Waals surface area contributed by atoms with Crippen LogP contribution in [-0.2, 0) is 19.1 Å². The van der Waals surface area contributed by atoms with Gasteiger partial charge in [-0.25, -0.2) is 4.79 Å². The van der Waals surface area contributed by atoms with Crippen molar-refractivity contribution < 1.29 is 23.5 Å². The van der Waals surface area contributed by atoms with Crippen molar-refractivity contribution in [2.75, 3.05) is 27.3 Å². The van der Waals surface area contributed by atoms with Crippen LogP contribution in [0.15, 0.2) is 24.3 Å². The number of quaternary nitrogens is 1. The predicted molar refractivity (Wildman–Crippen MR) is 106 cm³/mol. The molecule has 2 bridgehead atoms. The topological polar surface area (TPSA) is 52.6 Å². The van der Waals surface area contributed by atoms with E-state index >= 15 is 0 Å². The van der Waals surface area contributed by atoms with Crippen molar-refractivity contribution in [2.24, 2.45) is 5.92 Å². The van der Waals surface area contributed by atoms with Gasteiger partial charge in [-0.15, -0.1) is 12.4 Å². The lowest BCUT2D eigenvalue weighted by atomic mass is 9.74. The highest BCUT2D eigenvalue weighted by molar-refractivity contribution is 6.30.